The topological polar surface area (TPSA) is 55.6 Å². The van der Waals surface area contributed by atoms with Gasteiger partial charge in [-0.25, -0.2) is 0 Å². The Bertz CT molecular complexity index is 366. The summed E-state index contributed by atoms with van der Waals surface area (Å²) in [5, 5.41) is 0. The number of carbonyl (C=O) groups excluding carboxylic acids is 1. The van der Waals surface area contributed by atoms with E-state index in [1.807, 2.05) is 30.3 Å². The van der Waals surface area contributed by atoms with Crippen molar-refractivity contribution in [3.8, 4) is 5.75 Å². The zero-order valence-electron chi connectivity index (χ0n) is 11.8. The molecule has 4 nitrogen and oxygen atoms in total. The first-order valence-electron chi connectivity index (χ1n) is 6.76. The number of hydrogen-bond donors (Lipinski definition) is 1. The van der Waals surface area contributed by atoms with Gasteiger partial charge in [0, 0.05) is 13.1 Å². The second-order valence-corrected chi connectivity index (χ2v) is 5.11. The van der Waals surface area contributed by atoms with Crippen LogP contribution < -0.4 is 10.5 Å². The Balaban J connectivity index is 2.25. The van der Waals surface area contributed by atoms with Crippen molar-refractivity contribution in [3.63, 3.8) is 0 Å². The van der Waals surface area contributed by atoms with Crippen LogP contribution in [0, 0.1) is 5.92 Å². The number of para-hydroxylation sites is 1. The van der Waals surface area contributed by atoms with Crippen LogP contribution >= 0.6 is 0 Å². The van der Waals surface area contributed by atoms with E-state index in [-0.39, 0.29) is 5.91 Å². The summed E-state index contributed by atoms with van der Waals surface area (Å²) in [6.45, 7) is 6.95. The van der Waals surface area contributed by atoms with E-state index in [2.05, 4.69) is 18.7 Å². The van der Waals surface area contributed by atoms with Crippen LogP contribution in [-0.2, 0) is 4.79 Å². The molecule has 1 rings (SSSR count). The number of rotatable bonds is 9. The van der Waals surface area contributed by atoms with Gasteiger partial charge in [-0.3, -0.25) is 9.69 Å². The molecule has 0 bridgehead atoms. The molecule has 4 heteroatoms. The van der Waals surface area contributed by atoms with Gasteiger partial charge in [0.25, 0.3) is 0 Å². The first-order chi connectivity index (χ1) is 9.08. The molecular weight excluding hydrogens is 240 g/mol. The van der Waals surface area contributed by atoms with Crippen molar-refractivity contribution in [1.82, 2.24) is 4.90 Å². The second kappa shape index (κ2) is 8.53. The van der Waals surface area contributed by atoms with E-state index in [0.717, 1.165) is 25.3 Å². The molecule has 1 aromatic carbocycles. The average molecular weight is 264 g/mol. The number of amides is 1. The Morgan fingerprint density at radius 3 is 2.58 bits per heavy atom. The summed E-state index contributed by atoms with van der Waals surface area (Å²) in [6, 6.07) is 9.75. The highest BCUT2D eigenvalue weighted by Gasteiger charge is 2.09. The fourth-order valence-electron chi connectivity index (χ4n) is 1.97. The Labute approximate surface area is 115 Å². The van der Waals surface area contributed by atoms with Gasteiger partial charge in [-0.1, -0.05) is 32.0 Å². The minimum Gasteiger partial charge on any atom is -0.494 e. The maximum absolute atomic E-state index is 11.0. The summed E-state index contributed by atoms with van der Waals surface area (Å²) in [5.41, 5.74) is 5.25. The average Bonchev–Trinajstić information content (AvgIpc) is 2.34. The molecule has 0 aromatic heterocycles. The minimum absolute atomic E-state index is 0.273. The van der Waals surface area contributed by atoms with Crippen LogP contribution in [0.4, 0.5) is 0 Å². The molecule has 0 fully saturated rings. The fraction of sp³-hybridized carbons (Fsp3) is 0.533. The monoisotopic (exact) mass is 264 g/mol. The van der Waals surface area contributed by atoms with Crippen LogP contribution in [0.15, 0.2) is 30.3 Å². The normalized spacial score (nSPS) is 10.9. The zero-order valence-corrected chi connectivity index (χ0v) is 11.8. The molecule has 0 spiro atoms. The molecule has 0 saturated carbocycles. The molecule has 0 aliphatic rings. The summed E-state index contributed by atoms with van der Waals surface area (Å²) >= 11 is 0. The summed E-state index contributed by atoms with van der Waals surface area (Å²) in [5.74, 6) is 1.13. The van der Waals surface area contributed by atoms with Crippen molar-refractivity contribution in [2.75, 3.05) is 26.2 Å². The number of ether oxygens (including phenoxy) is 1. The van der Waals surface area contributed by atoms with Crippen LogP contribution in [0.1, 0.15) is 20.3 Å². The zero-order chi connectivity index (χ0) is 14.1. The van der Waals surface area contributed by atoms with Gasteiger partial charge in [-0.15, -0.1) is 0 Å². The van der Waals surface area contributed by atoms with Crippen molar-refractivity contribution in [3.05, 3.63) is 30.3 Å². The largest absolute Gasteiger partial charge is 0.494 e. The molecule has 1 amide bonds. The lowest BCUT2D eigenvalue weighted by atomic mass is 10.2. The van der Waals surface area contributed by atoms with Gasteiger partial charge in [0.1, 0.15) is 5.75 Å². The van der Waals surface area contributed by atoms with Crippen molar-refractivity contribution in [2.24, 2.45) is 11.7 Å². The molecule has 0 heterocycles. The van der Waals surface area contributed by atoms with Gasteiger partial charge in [0.05, 0.1) is 13.2 Å². The third-order valence-electron chi connectivity index (χ3n) is 2.63. The highest BCUT2D eigenvalue weighted by atomic mass is 16.5. The van der Waals surface area contributed by atoms with E-state index < -0.39 is 0 Å². The number of hydrogen-bond acceptors (Lipinski definition) is 3. The fourth-order valence-corrected chi connectivity index (χ4v) is 1.97. The van der Waals surface area contributed by atoms with Gasteiger partial charge in [0.15, 0.2) is 0 Å². The van der Waals surface area contributed by atoms with E-state index in [1.54, 1.807) is 0 Å². The third kappa shape index (κ3) is 7.47. The third-order valence-corrected chi connectivity index (χ3v) is 2.63. The quantitative estimate of drug-likeness (QED) is 0.693. The first kappa shape index (κ1) is 15.5. The molecule has 0 radical (unpaired) electrons. The van der Waals surface area contributed by atoms with E-state index in [0.29, 0.717) is 19.1 Å². The number of primary amides is 1. The van der Waals surface area contributed by atoms with Crippen molar-refractivity contribution in [2.45, 2.75) is 20.3 Å². The predicted molar refractivity (Wildman–Crippen MR) is 77.0 cm³/mol. The van der Waals surface area contributed by atoms with E-state index >= 15 is 0 Å². The van der Waals surface area contributed by atoms with E-state index in [9.17, 15) is 4.79 Å². The standard InChI is InChI=1S/C15H24N2O2/c1-13(2)11-17(12-15(16)18)9-6-10-19-14-7-4-3-5-8-14/h3-5,7-8,13H,6,9-12H2,1-2H3,(H2,16,18). The van der Waals surface area contributed by atoms with Crippen LogP contribution in [0.3, 0.4) is 0 Å². The van der Waals surface area contributed by atoms with Crippen LogP contribution in [0.2, 0.25) is 0 Å². The van der Waals surface area contributed by atoms with Crippen LogP contribution in [0.25, 0.3) is 0 Å². The molecule has 0 unspecified atom stereocenters. The molecular formula is C15H24N2O2. The van der Waals surface area contributed by atoms with Crippen LogP contribution in [-0.4, -0.2) is 37.0 Å². The SMILES string of the molecule is CC(C)CN(CCCOc1ccccc1)CC(N)=O. The predicted octanol–water partition coefficient (Wildman–Crippen LogP) is 1.90. The maximum Gasteiger partial charge on any atom is 0.231 e. The number of benzene rings is 1. The lowest BCUT2D eigenvalue weighted by molar-refractivity contribution is -0.119. The smallest absolute Gasteiger partial charge is 0.231 e. The Morgan fingerprint density at radius 1 is 1.32 bits per heavy atom. The molecule has 1 aromatic rings. The summed E-state index contributed by atoms with van der Waals surface area (Å²) in [4.78, 5) is 13.1. The Morgan fingerprint density at radius 2 is 2.00 bits per heavy atom. The lowest BCUT2D eigenvalue weighted by Crippen LogP contribution is -2.37. The molecule has 2 N–H and O–H groups in total. The Kier molecular flexibility index (Phi) is 6.97. The van der Waals surface area contributed by atoms with Gasteiger partial charge in [-0.05, 0) is 24.5 Å². The summed E-state index contributed by atoms with van der Waals surface area (Å²) < 4.78 is 5.62. The maximum atomic E-state index is 11.0. The highest BCUT2D eigenvalue weighted by molar-refractivity contribution is 5.75. The first-order valence-corrected chi connectivity index (χ1v) is 6.76. The minimum atomic E-state index is -0.273. The summed E-state index contributed by atoms with van der Waals surface area (Å²) in [7, 11) is 0. The van der Waals surface area contributed by atoms with Crippen molar-refractivity contribution >= 4 is 5.91 Å². The molecule has 0 saturated heterocycles. The van der Waals surface area contributed by atoms with E-state index in [1.165, 1.54) is 0 Å². The molecule has 0 aliphatic carbocycles. The van der Waals surface area contributed by atoms with Gasteiger partial charge in [0.2, 0.25) is 5.91 Å². The van der Waals surface area contributed by atoms with Gasteiger partial charge in [-0.2, -0.15) is 0 Å². The lowest BCUT2D eigenvalue weighted by Gasteiger charge is -2.22. The van der Waals surface area contributed by atoms with Crippen molar-refractivity contribution in [1.29, 1.82) is 0 Å². The molecule has 0 aliphatic heterocycles. The van der Waals surface area contributed by atoms with Gasteiger partial charge < -0.3 is 10.5 Å². The van der Waals surface area contributed by atoms with Crippen LogP contribution in [0.5, 0.6) is 5.75 Å². The molecule has 0 atom stereocenters. The Hall–Kier alpha value is -1.55. The highest BCUT2D eigenvalue weighted by Crippen LogP contribution is 2.08. The van der Waals surface area contributed by atoms with Crippen molar-refractivity contribution < 1.29 is 9.53 Å². The number of nitrogens with zero attached hydrogens (tertiary/aromatic N) is 1. The number of carbonyl (C=O) groups is 1. The number of nitrogens with two attached hydrogens (primary N) is 1. The van der Waals surface area contributed by atoms with Gasteiger partial charge >= 0.3 is 0 Å². The summed E-state index contributed by atoms with van der Waals surface area (Å²) in [6.07, 6.45) is 0.884. The molecule has 106 valence electrons. The second-order valence-electron chi connectivity index (χ2n) is 5.11. The van der Waals surface area contributed by atoms with E-state index in [4.69, 9.17) is 10.5 Å². The molecule has 19 heavy (non-hydrogen) atoms.